The van der Waals surface area contributed by atoms with E-state index in [0.29, 0.717) is 21.1 Å². The first-order chi connectivity index (χ1) is 11.7. The molecule has 25 heavy (non-hydrogen) atoms. The van der Waals surface area contributed by atoms with Crippen LogP contribution in [0.15, 0.2) is 35.3 Å². The molecule has 5 heteroatoms. The van der Waals surface area contributed by atoms with Gasteiger partial charge in [-0.25, -0.2) is 0 Å². The summed E-state index contributed by atoms with van der Waals surface area (Å²) in [6.07, 6.45) is 3.83. The first kappa shape index (κ1) is 18.2. The molecule has 0 aliphatic carbocycles. The van der Waals surface area contributed by atoms with Gasteiger partial charge < -0.3 is 0 Å². The van der Waals surface area contributed by atoms with Crippen molar-refractivity contribution in [2.45, 2.75) is 52.0 Å². The molecular formula is C20H25NO3Se. The Kier molecular flexibility index (Phi) is 4.84. The van der Waals surface area contributed by atoms with Gasteiger partial charge in [-0.15, -0.1) is 0 Å². The molecule has 1 fully saturated rings. The quantitative estimate of drug-likeness (QED) is 0.699. The Morgan fingerprint density at radius 1 is 1.36 bits per heavy atom. The maximum absolute atomic E-state index is 12.7. The molecule has 2 heterocycles. The van der Waals surface area contributed by atoms with Crippen molar-refractivity contribution in [3.8, 4) is 0 Å². The Bertz CT molecular complexity index is 801. The van der Waals surface area contributed by atoms with Crippen LogP contribution in [0.1, 0.15) is 40.2 Å². The van der Waals surface area contributed by atoms with E-state index in [4.69, 9.17) is 9.47 Å². The molecule has 0 saturated carbocycles. The molecular weight excluding hydrogens is 381 g/mol. The number of hydrogen-bond acceptors (Lipinski definition) is 3. The zero-order valence-corrected chi connectivity index (χ0v) is 17.1. The third-order valence-corrected chi connectivity index (χ3v) is 6.18. The van der Waals surface area contributed by atoms with Crippen molar-refractivity contribution >= 4 is 36.3 Å². The van der Waals surface area contributed by atoms with Gasteiger partial charge in [-0.1, -0.05) is 0 Å². The topological polar surface area (TPSA) is 38.8 Å². The zero-order valence-electron chi connectivity index (χ0n) is 15.4. The summed E-state index contributed by atoms with van der Waals surface area (Å²) in [7, 11) is 0. The van der Waals surface area contributed by atoms with E-state index in [-0.39, 0.29) is 12.1 Å². The van der Waals surface area contributed by atoms with Crippen molar-refractivity contribution in [3.05, 3.63) is 40.8 Å². The average Bonchev–Trinajstić information content (AvgIpc) is 3.04. The molecule has 1 aromatic heterocycles. The van der Waals surface area contributed by atoms with E-state index in [1.807, 2.05) is 34.6 Å². The molecule has 1 aromatic carbocycles. The van der Waals surface area contributed by atoms with Gasteiger partial charge in [0.2, 0.25) is 0 Å². The van der Waals surface area contributed by atoms with E-state index >= 15 is 0 Å². The zero-order chi connectivity index (χ0) is 18.2. The van der Waals surface area contributed by atoms with Crippen LogP contribution in [-0.4, -0.2) is 49.5 Å². The van der Waals surface area contributed by atoms with E-state index in [1.165, 1.54) is 15.2 Å². The molecule has 0 bridgehead atoms. The van der Waals surface area contributed by atoms with Crippen LogP contribution < -0.4 is 0 Å². The van der Waals surface area contributed by atoms with Gasteiger partial charge in [-0.3, -0.25) is 0 Å². The molecule has 1 amide bonds. The summed E-state index contributed by atoms with van der Waals surface area (Å²) in [5.74, 6) is 0. The number of carbonyl (C=O) groups excluding carboxylic acids is 1. The summed E-state index contributed by atoms with van der Waals surface area (Å²) < 4.78 is 12.8. The average molecular weight is 406 g/mol. The molecule has 0 spiro atoms. The summed E-state index contributed by atoms with van der Waals surface area (Å²) in [6, 6.07) is 8.35. The van der Waals surface area contributed by atoms with Gasteiger partial charge in [-0.05, 0) is 0 Å². The number of rotatable bonds is 2. The van der Waals surface area contributed by atoms with Crippen LogP contribution in [0, 0.1) is 0 Å². The minimum absolute atomic E-state index is 0.133. The molecule has 2 aromatic rings. The number of carbonyl (C=O) groups is 1. The summed E-state index contributed by atoms with van der Waals surface area (Å²) in [6.45, 7) is 9.91. The van der Waals surface area contributed by atoms with Crippen molar-refractivity contribution in [2.24, 2.45) is 0 Å². The summed E-state index contributed by atoms with van der Waals surface area (Å²) in [4.78, 5) is 16.6. The second kappa shape index (κ2) is 6.64. The first-order valence-corrected chi connectivity index (χ1v) is 10.3. The van der Waals surface area contributed by atoms with Crippen LogP contribution >= 0.6 is 0 Å². The van der Waals surface area contributed by atoms with Gasteiger partial charge in [0.15, 0.2) is 0 Å². The summed E-state index contributed by atoms with van der Waals surface area (Å²) in [5, 5.41) is 1.29. The third-order valence-electron chi connectivity index (χ3n) is 4.12. The Morgan fingerprint density at radius 2 is 2.08 bits per heavy atom. The van der Waals surface area contributed by atoms with Crippen molar-refractivity contribution < 1.29 is 14.3 Å². The van der Waals surface area contributed by atoms with Crippen LogP contribution in [-0.2, 0) is 9.47 Å². The van der Waals surface area contributed by atoms with Gasteiger partial charge in [0.1, 0.15) is 0 Å². The van der Waals surface area contributed by atoms with Gasteiger partial charge in [0.25, 0.3) is 0 Å². The molecule has 1 aliphatic rings. The Morgan fingerprint density at radius 3 is 2.80 bits per heavy atom. The normalized spacial score (nSPS) is 20.5. The fourth-order valence-corrected chi connectivity index (χ4v) is 4.93. The van der Waals surface area contributed by atoms with E-state index in [9.17, 15) is 4.79 Å². The predicted octanol–water partition coefficient (Wildman–Crippen LogP) is 4.28. The molecule has 3 rings (SSSR count). The number of hydrogen-bond donors (Lipinski definition) is 0. The standard InChI is InChI=1S/C20H25NO3Se/c1-19(2,3)24-18(22)21-15(12-23-20(21,4)5)11-10-14-13-25-17-9-7-6-8-16(14)17/h6-11,13,15H,12H2,1-5H3/b11-10-/t15-/m1/s1. The van der Waals surface area contributed by atoms with Crippen LogP contribution in [0.3, 0.4) is 0 Å². The van der Waals surface area contributed by atoms with Gasteiger partial charge in [0.05, 0.1) is 0 Å². The Hall–Kier alpha value is -1.55. The van der Waals surface area contributed by atoms with Crippen molar-refractivity contribution in [1.82, 2.24) is 4.90 Å². The molecule has 134 valence electrons. The molecule has 1 aliphatic heterocycles. The Balaban J connectivity index is 1.84. The van der Waals surface area contributed by atoms with Gasteiger partial charge in [-0.2, -0.15) is 0 Å². The van der Waals surface area contributed by atoms with Crippen molar-refractivity contribution in [3.63, 3.8) is 0 Å². The summed E-state index contributed by atoms with van der Waals surface area (Å²) in [5.41, 5.74) is 0.0207. The molecule has 0 N–H and O–H groups in total. The maximum atomic E-state index is 12.7. The van der Waals surface area contributed by atoms with E-state index in [1.54, 1.807) is 4.90 Å². The number of ether oxygens (including phenoxy) is 2. The van der Waals surface area contributed by atoms with Crippen LogP contribution in [0.4, 0.5) is 4.79 Å². The molecule has 1 atom stereocenters. The Labute approximate surface area is 155 Å². The van der Waals surface area contributed by atoms with Crippen molar-refractivity contribution in [1.29, 1.82) is 0 Å². The SMILES string of the molecule is CC(C)(C)OC(=O)N1[C@H](/C=C\c2c[se]c3ccccc23)COC1(C)C. The molecule has 4 nitrogen and oxygen atoms in total. The fraction of sp³-hybridized carbons (Fsp3) is 0.450. The van der Waals surface area contributed by atoms with Gasteiger partial charge in [0, 0.05) is 0 Å². The second-order valence-electron chi connectivity index (χ2n) is 7.72. The van der Waals surface area contributed by atoms with Gasteiger partial charge >= 0.3 is 155 Å². The number of amides is 1. The van der Waals surface area contributed by atoms with Crippen LogP contribution in [0.2, 0.25) is 0 Å². The molecule has 0 unspecified atom stereocenters. The number of benzene rings is 1. The van der Waals surface area contributed by atoms with Crippen molar-refractivity contribution in [2.75, 3.05) is 6.61 Å². The van der Waals surface area contributed by atoms with Crippen LogP contribution in [0.25, 0.3) is 15.7 Å². The minimum atomic E-state index is -0.677. The fourth-order valence-electron chi connectivity index (χ4n) is 2.98. The number of nitrogens with zero attached hydrogens (tertiary/aromatic N) is 1. The van der Waals surface area contributed by atoms with E-state index in [0.717, 1.165) is 0 Å². The molecule has 1 saturated heterocycles. The number of fused-ring (bicyclic) bond motifs is 1. The monoisotopic (exact) mass is 407 g/mol. The third kappa shape index (κ3) is 4.00. The van der Waals surface area contributed by atoms with E-state index in [2.05, 4.69) is 41.4 Å². The van der Waals surface area contributed by atoms with Crippen LogP contribution in [0.5, 0.6) is 0 Å². The summed E-state index contributed by atoms with van der Waals surface area (Å²) >= 11 is 0.382. The predicted molar refractivity (Wildman–Crippen MR) is 102 cm³/mol. The van der Waals surface area contributed by atoms with E-state index < -0.39 is 11.3 Å². The molecule has 0 radical (unpaired) electrons. The second-order valence-corrected chi connectivity index (χ2v) is 9.63. The first-order valence-electron chi connectivity index (χ1n) is 8.48.